The summed E-state index contributed by atoms with van der Waals surface area (Å²) in [5.41, 5.74) is 1.59. The molecule has 0 atom stereocenters. The monoisotopic (exact) mass is 297 g/mol. The van der Waals surface area contributed by atoms with E-state index in [1.165, 1.54) is 24.3 Å². The van der Waals surface area contributed by atoms with Crippen molar-refractivity contribution in [1.29, 1.82) is 0 Å². The first-order chi connectivity index (χ1) is 8.97. The lowest BCUT2D eigenvalue weighted by molar-refractivity contribution is 0.102. The van der Waals surface area contributed by atoms with Crippen LogP contribution in [0.1, 0.15) is 15.9 Å². The molecule has 5 heteroatoms. The third-order valence-corrected chi connectivity index (χ3v) is 3.32. The highest BCUT2D eigenvalue weighted by Crippen LogP contribution is 2.29. The molecule has 0 aliphatic rings. The van der Waals surface area contributed by atoms with Crippen molar-refractivity contribution >= 4 is 34.8 Å². The van der Waals surface area contributed by atoms with Gasteiger partial charge in [0.2, 0.25) is 0 Å². The molecule has 0 saturated heterocycles. The summed E-state index contributed by atoms with van der Waals surface area (Å²) in [6.45, 7) is 1.82. The number of benzene rings is 2. The van der Waals surface area contributed by atoms with Gasteiger partial charge in [0, 0.05) is 10.6 Å². The normalized spacial score (nSPS) is 10.3. The zero-order valence-corrected chi connectivity index (χ0v) is 11.5. The third kappa shape index (κ3) is 3.25. The fourth-order valence-corrected chi connectivity index (χ4v) is 1.97. The average Bonchev–Trinajstić information content (AvgIpc) is 2.36. The predicted octanol–water partition coefficient (Wildman–Crippen LogP) is 4.69. The maximum atomic E-state index is 12.8. The highest BCUT2D eigenvalue weighted by molar-refractivity contribution is 6.36. The van der Waals surface area contributed by atoms with E-state index in [-0.39, 0.29) is 5.91 Å². The molecule has 1 N–H and O–H groups in total. The first-order valence-corrected chi connectivity index (χ1v) is 6.25. The number of hydrogen-bond donors (Lipinski definition) is 1. The summed E-state index contributed by atoms with van der Waals surface area (Å²) in [4.78, 5) is 11.9. The molecule has 98 valence electrons. The molecule has 19 heavy (non-hydrogen) atoms. The number of carbonyl (C=O) groups is 1. The molecule has 0 radical (unpaired) electrons. The number of anilines is 1. The van der Waals surface area contributed by atoms with E-state index >= 15 is 0 Å². The second-order valence-electron chi connectivity index (χ2n) is 4.04. The maximum Gasteiger partial charge on any atom is 0.255 e. The minimum Gasteiger partial charge on any atom is -0.321 e. The van der Waals surface area contributed by atoms with E-state index in [2.05, 4.69) is 5.32 Å². The van der Waals surface area contributed by atoms with Crippen LogP contribution < -0.4 is 5.32 Å². The topological polar surface area (TPSA) is 29.1 Å². The van der Waals surface area contributed by atoms with E-state index in [4.69, 9.17) is 23.2 Å². The Morgan fingerprint density at radius 3 is 2.37 bits per heavy atom. The number of halogens is 3. The zero-order valence-electron chi connectivity index (χ0n) is 10.0. The van der Waals surface area contributed by atoms with Crippen LogP contribution in [0.4, 0.5) is 10.1 Å². The van der Waals surface area contributed by atoms with Crippen LogP contribution in [0, 0.1) is 12.7 Å². The van der Waals surface area contributed by atoms with Gasteiger partial charge in [0.1, 0.15) is 5.82 Å². The molecule has 2 rings (SSSR count). The fraction of sp³-hybridized carbons (Fsp3) is 0.0714. The lowest BCUT2D eigenvalue weighted by Crippen LogP contribution is -2.12. The van der Waals surface area contributed by atoms with Crippen molar-refractivity contribution in [3.63, 3.8) is 0 Å². The van der Waals surface area contributed by atoms with Gasteiger partial charge < -0.3 is 5.32 Å². The molecular formula is C14H10Cl2FNO. The Morgan fingerprint density at radius 1 is 1.11 bits per heavy atom. The lowest BCUT2D eigenvalue weighted by Gasteiger charge is -2.09. The van der Waals surface area contributed by atoms with Crippen LogP contribution in [0.5, 0.6) is 0 Å². The van der Waals surface area contributed by atoms with E-state index in [9.17, 15) is 9.18 Å². The van der Waals surface area contributed by atoms with Gasteiger partial charge in [-0.15, -0.1) is 0 Å². The SMILES string of the molecule is Cc1cc(Cl)c(NC(=O)c2ccc(F)cc2)cc1Cl. The van der Waals surface area contributed by atoms with Gasteiger partial charge in [-0.1, -0.05) is 23.2 Å². The third-order valence-electron chi connectivity index (χ3n) is 2.60. The summed E-state index contributed by atoms with van der Waals surface area (Å²) in [7, 11) is 0. The van der Waals surface area contributed by atoms with Gasteiger partial charge in [0.25, 0.3) is 5.91 Å². The number of hydrogen-bond acceptors (Lipinski definition) is 1. The molecule has 2 aromatic carbocycles. The van der Waals surface area contributed by atoms with Crippen LogP contribution in [0.25, 0.3) is 0 Å². The minimum atomic E-state index is -0.395. The Kier molecular flexibility index (Phi) is 4.08. The van der Waals surface area contributed by atoms with Crippen LogP contribution in [-0.2, 0) is 0 Å². The molecule has 0 bridgehead atoms. The number of rotatable bonds is 2. The summed E-state index contributed by atoms with van der Waals surface area (Å²) < 4.78 is 12.8. The quantitative estimate of drug-likeness (QED) is 0.856. The van der Waals surface area contributed by atoms with Crippen molar-refractivity contribution in [3.8, 4) is 0 Å². The maximum absolute atomic E-state index is 12.8. The lowest BCUT2D eigenvalue weighted by atomic mass is 10.2. The van der Waals surface area contributed by atoms with Crippen molar-refractivity contribution in [2.24, 2.45) is 0 Å². The van der Waals surface area contributed by atoms with Gasteiger partial charge in [-0.25, -0.2) is 4.39 Å². The molecule has 0 heterocycles. The number of nitrogens with one attached hydrogen (secondary N) is 1. The summed E-state index contributed by atoms with van der Waals surface area (Å²) in [6, 6.07) is 8.49. The first kappa shape index (κ1) is 13.8. The highest BCUT2D eigenvalue weighted by atomic mass is 35.5. The van der Waals surface area contributed by atoms with Crippen molar-refractivity contribution in [2.75, 3.05) is 5.32 Å². The van der Waals surface area contributed by atoms with Gasteiger partial charge in [-0.05, 0) is 48.9 Å². The summed E-state index contributed by atoms with van der Waals surface area (Å²) in [5, 5.41) is 3.55. The summed E-state index contributed by atoms with van der Waals surface area (Å²) in [5.74, 6) is -0.769. The molecule has 0 saturated carbocycles. The Balaban J connectivity index is 2.24. The van der Waals surface area contributed by atoms with Crippen molar-refractivity contribution in [2.45, 2.75) is 6.92 Å². The molecular weight excluding hydrogens is 288 g/mol. The van der Waals surface area contributed by atoms with Gasteiger partial charge in [0.15, 0.2) is 0 Å². The van der Waals surface area contributed by atoms with Crippen molar-refractivity contribution in [1.82, 2.24) is 0 Å². The number of carbonyl (C=O) groups excluding carboxylic acids is 1. The molecule has 0 aliphatic carbocycles. The van der Waals surface area contributed by atoms with Gasteiger partial charge in [0.05, 0.1) is 10.7 Å². The van der Waals surface area contributed by atoms with Gasteiger partial charge in [-0.3, -0.25) is 4.79 Å². The largest absolute Gasteiger partial charge is 0.321 e. The van der Waals surface area contributed by atoms with Crippen LogP contribution in [0.3, 0.4) is 0 Å². The summed E-state index contributed by atoms with van der Waals surface area (Å²) >= 11 is 12.0. The van der Waals surface area contributed by atoms with Crippen LogP contribution in [-0.4, -0.2) is 5.91 Å². The van der Waals surface area contributed by atoms with Crippen molar-refractivity contribution < 1.29 is 9.18 Å². The standard InChI is InChI=1S/C14H10Cl2FNO/c1-8-6-12(16)13(7-11(8)15)18-14(19)9-2-4-10(17)5-3-9/h2-7H,1H3,(H,18,19). The second-order valence-corrected chi connectivity index (χ2v) is 4.86. The zero-order chi connectivity index (χ0) is 14.0. The Morgan fingerprint density at radius 2 is 1.74 bits per heavy atom. The summed E-state index contributed by atoms with van der Waals surface area (Å²) in [6.07, 6.45) is 0. The molecule has 0 aliphatic heterocycles. The van der Waals surface area contributed by atoms with E-state index in [0.717, 1.165) is 5.56 Å². The molecule has 0 unspecified atom stereocenters. The van der Waals surface area contributed by atoms with E-state index in [0.29, 0.717) is 21.3 Å². The van der Waals surface area contributed by atoms with Gasteiger partial charge >= 0.3 is 0 Å². The molecule has 0 aromatic heterocycles. The Bertz CT molecular complexity index is 626. The smallest absolute Gasteiger partial charge is 0.255 e. The van der Waals surface area contributed by atoms with Crippen LogP contribution >= 0.6 is 23.2 Å². The fourth-order valence-electron chi connectivity index (χ4n) is 1.54. The van der Waals surface area contributed by atoms with Crippen LogP contribution in [0.15, 0.2) is 36.4 Å². The predicted molar refractivity (Wildman–Crippen MR) is 75.6 cm³/mol. The van der Waals surface area contributed by atoms with Crippen LogP contribution in [0.2, 0.25) is 10.0 Å². The second kappa shape index (κ2) is 5.59. The van der Waals surface area contributed by atoms with Gasteiger partial charge in [-0.2, -0.15) is 0 Å². The minimum absolute atomic E-state index is 0.342. The molecule has 0 spiro atoms. The molecule has 0 fully saturated rings. The Hall–Kier alpha value is -1.58. The molecule has 2 nitrogen and oxygen atoms in total. The number of amides is 1. The Labute approximate surface area is 120 Å². The number of aryl methyl sites for hydroxylation is 1. The highest BCUT2D eigenvalue weighted by Gasteiger charge is 2.10. The molecule has 2 aromatic rings. The van der Waals surface area contributed by atoms with E-state index in [1.54, 1.807) is 12.1 Å². The average molecular weight is 298 g/mol. The van der Waals surface area contributed by atoms with E-state index < -0.39 is 5.82 Å². The first-order valence-electron chi connectivity index (χ1n) is 5.50. The molecule has 1 amide bonds. The van der Waals surface area contributed by atoms with E-state index in [1.807, 2.05) is 6.92 Å². The van der Waals surface area contributed by atoms with Crippen molar-refractivity contribution in [3.05, 3.63) is 63.4 Å².